The van der Waals surface area contributed by atoms with Gasteiger partial charge in [-0.15, -0.1) is 0 Å². The van der Waals surface area contributed by atoms with E-state index in [-0.39, 0.29) is 11.5 Å². The van der Waals surface area contributed by atoms with Crippen LogP contribution in [0.25, 0.3) is 0 Å². The molecule has 0 spiro atoms. The Labute approximate surface area is 187 Å². The SMILES string of the molecule is CCCCCCCCCCCCCc1cccc(Oc2c(O)cccc2S(=O)(=O)O)c1. The fourth-order valence-corrected chi connectivity index (χ4v) is 4.32. The third kappa shape index (κ3) is 9.32. The largest absolute Gasteiger partial charge is 0.504 e. The lowest BCUT2D eigenvalue weighted by Gasteiger charge is -2.12. The molecule has 0 aliphatic heterocycles. The van der Waals surface area contributed by atoms with Crippen molar-refractivity contribution in [3.8, 4) is 17.2 Å². The van der Waals surface area contributed by atoms with Crippen LogP contribution in [-0.2, 0) is 16.5 Å². The number of unbranched alkanes of at least 4 members (excludes halogenated alkanes) is 10. The van der Waals surface area contributed by atoms with Crippen LogP contribution in [0.15, 0.2) is 47.4 Å². The molecule has 0 aromatic heterocycles. The Kier molecular flexibility index (Phi) is 10.9. The van der Waals surface area contributed by atoms with E-state index in [1.165, 1.54) is 82.4 Å². The van der Waals surface area contributed by atoms with E-state index in [9.17, 15) is 18.1 Å². The van der Waals surface area contributed by atoms with E-state index in [1.54, 1.807) is 6.07 Å². The Hall–Kier alpha value is -2.05. The lowest BCUT2D eigenvalue weighted by Crippen LogP contribution is -2.01. The highest BCUT2D eigenvalue weighted by Crippen LogP contribution is 2.37. The number of benzene rings is 2. The first-order valence-electron chi connectivity index (χ1n) is 11.5. The van der Waals surface area contributed by atoms with E-state index in [0.29, 0.717) is 5.75 Å². The van der Waals surface area contributed by atoms with Crippen molar-refractivity contribution < 1.29 is 22.8 Å². The number of hydrogen-bond acceptors (Lipinski definition) is 4. The van der Waals surface area contributed by atoms with E-state index in [2.05, 4.69) is 6.92 Å². The van der Waals surface area contributed by atoms with Crippen molar-refractivity contribution in [2.45, 2.75) is 88.9 Å². The molecule has 0 atom stereocenters. The molecule has 2 N–H and O–H groups in total. The molecular weight excluding hydrogens is 412 g/mol. The molecule has 2 aromatic rings. The second-order valence-electron chi connectivity index (χ2n) is 8.11. The van der Waals surface area contributed by atoms with Crippen molar-refractivity contribution >= 4 is 10.1 Å². The van der Waals surface area contributed by atoms with Crippen LogP contribution in [0, 0.1) is 0 Å². The average molecular weight is 449 g/mol. The number of aromatic hydroxyl groups is 1. The van der Waals surface area contributed by atoms with Gasteiger partial charge in [0.1, 0.15) is 10.6 Å². The van der Waals surface area contributed by atoms with Crippen molar-refractivity contribution in [2.24, 2.45) is 0 Å². The Morgan fingerprint density at radius 1 is 0.806 bits per heavy atom. The molecule has 172 valence electrons. The van der Waals surface area contributed by atoms with E-state index in [0.717, 1.165) is 18.4 Å². The summed E-state index contributed by atoms with van der Waals surface area (Å²) in [5.74, 6) is -0.185. The standard InChI is InChI=1S/C25H36O5S/c1-2-3-4-5-6-7-8-9-10-11-12-15-21-16-13-17-22(20-21)30-25-23(26)18-14-19-24(25)31(27,28)29/h13-14,16-20,26H,2-12,15H2,1H3,(H,27,28,29). The number of phenols is 1. The van der Waals surface area contributed by atoms with E-state index >= 15 is 0 Å². The minimum absolute atomic E-state index is 0.267. The van der Waals surface area contributed by atoms with Crippen molar-refractivity contribution in [2.75, 3.05) is 0 Å². The van der Waals surface area contributed by atoms with Gasteiger partial charge in [-0.1, -0.05) is 89.3 Å². The van der Waals surface area contributed by atoms with Crippen LogP contribution < -0.4 is 4.74 Å². The summed E-state index contributed by atoms with van der Waals surface area (Å²) in [7, 11) is -4.50. The molecule has 2 aromatic carbocycles. The van der Waals surface area contributed by atoms with Crippen LogP contribution in [0.1, 0.15) is 83.1 Å². The molecule has 0 bridgehead atoms. The van der Waals surface area contributed by atoms with Gasteiger partial charge in [-0.25, -0.2) is 0 Å². The van der Waals surface area contributed by atoms with Crippen LogP contribution in [0.3, 0.4) is 0 Å². The summed E-state index contributed by atoms with van der Waals surface area (Å²) >= 11 is 0. The number of hydrogen-bond donors (Lipinski definition) is 2. The summed E-state index contributed by atoms with van der Waals surface area (Å²) in [4.78, 5) is -0.455. The fourth-order valence-electron chi connectivity index (χ4n) is 3.69. The Morgan fingerprint density at radius 3 is 2.00 bits per heavy atom. The minimum Gasteiger partial charge on any atom is -0.504 e. The van der Waals surface area contributed by atoms with Gasteiger partial charge in [0.15, 0.2) is 11.5 Å². The minimum atomic E-state index is -4.50. The maximum Gasteiger partial charge on any atom is 0.298 e. The topological polar surface area (TPSA) is 83.8 Å². The predicted molar refractivity (Wildman–Crippen MR) is 125 cm³/mol. The fraction of sp³-hybridized carbons (Fsp3) is 0.520. The first-order chi connectivity index (χ1) is 14.9. The van der Waals surface area contributed by atoms with Gasteiger partial charge in [0.05, 0.1) is 0 Å². The Balaban J connectivity index is 1.76. The first-order valence-corrected chi connectivity index (χ1v) is 12.9. The summed E-state index contributed by atoms with van der Waals surface area (Å²) in [5.41, 5.74) is 1.09. The van der Waals surface area contributed by atoms with Crippen LogP contribution in [0.4, 0.5) is 0 Å². The van der Waals surface area contributed by atoms with Crippen LogP contribution >= 0.6 is 0 Å². The van der Waals surface area contributed by atoms with Crippen LogP contribution in [0.2, 0.25) is 0 Å². The molecule has 2 rings (SSSR count). The molecule has 0 unspecified atom stereocenters. The summed E-state index contributed by atoms with van der Waals surface area (Å²) in [6.45, 7) is 2.25. The normalized spacial score (nSPS) is 11.5. The second kappa shape index (κ2) is 13.4. The van der Waals surface area contributed by atoms with Gasteiger partial charge in [-0.3, -0.25) is 4.55 Å². The molecule has 6 heteroatoms. The van der Waals surface area contributed by atoms with Crippen LogP contribution in [0.5, 0.6) is 17.2 Å². The van der Waals surface area contributed by atoms with Gasteiger partial charge < -0.3 is 9.84 Å². The predicted octanol–water partition coefficient (Wildman–Crippen LogP) is 7.28. The van der Waals surface area contributed by atoms with E-state index < -0.39 is 15.0 Å². The molecule has 31 heavy (non-hydrogen) atoms. The third-order valence-electron chi connectivity index (χ3n) is 5.42. The average Bonchev–Trinajstić information content (AvgIpc) is 2.73. The third-order valence-corrected chi connectivity index (χ3v) is 6.30. The lowest BCUT2D eigenvalue weighted by atomic mass is 10.0. The number of para-hydroxylation sites is 1. The van der Waals surface area contributed by atoms with Gasteiger partial charge in [-0.05, 0) is 42.7 Å². The van der Waals surface area contributed by atoms with Crippen LogP contribution in [-0.4, -0.2) is 18.1 Å². The molecule has 0 heterocycles. The van der Waals surface area contributed by atoms with Crippen molar-refractivity contribution in [3.63, 3.8) is 0 Å². The molecule has 0 aliphatic carbocycles. The van der Waals surface area contributed by atoms with Gasteiger partial charge in [-0.2, -0.15) is 8.42 Å². The first kappa shape index (κ1) is 25.2. The maximum absolute atomic E-state index is 11.6. The van der Waals surface area contributed by atoms with Gasteiger partial charge in [0, 0.05) is 0 Å². The molecule has 0 radical (unpaired) electrons. The molecule has 0 fully saturated rings. The zero-order chi connectivity index (χ0) is 22.5. The quantitative estimate of drug-likeness (QED) is 0.221. The highest BCUT2D eigenvalue weighted by Gasteiger charge is 2.20. The van der Waals surface area contributed by atoms with E-state index in [1.807, 2.05) is 18.2 Å². The van der Waals surface area contributed by atoms with Crippen molar-refractivity contribution in [1.82, 2.24) is 0 Å². The number of ether oxygens (including phenoxy) is 1. The van der Waals surface area contributed by atoms with Crippen molar-refractivity contribution in [3.05, 3.63) is 48.0 Å². The number of aryl methyl sites for hydroxylation is 1. The smallest absolute Gasteiger partial charge is 0.298 e. The summed E-state index contributed by atoms with van der Waals surface area (Å²) in [6, 6.07) is 11.3. The molecule has 0 amide bonds. The van der Waals surface area contributed by atoms with E-state index in [4.69, 9.17) is 4.74 Å². The molecule has 0 saturated heterocycles. The summed E-state index contributed by atoms with van der Waals surface area (Å²) in [5, 5.41) is 10.0. The van der Waals surface area contributed by atoms with Crippen molar-refractivity contribution in [1.29, 1.82) is 0 Å². The summed E-state index contributed by atoms with van der Waals surface area (Å²) in [6.07, 6.45) is 15.2. The number of rotatable bonds is 15. The lowest BCUT2D eigenvalue weighted by molar-refractivity contribution is 0.397. The Bertz CT molecular complexity index is 893. The summed E-state index contributed by atoms with van der Waals surface area (Å²) < 4.78 is 38.1. The van der Waals surface area contributed by atoms with Gasteiger partial charge in [0.25, 0.3) is 10.1 Å². The highest BCUT2D eigenvalue weighted by atomic mass is 32.2. The highest BCUT2D eigenvalue weighted by molar-refractivity contribution is 7.86. The molecule has 0 aliphatic rings. The van der Waals surface area contributed by atoms with Gasteiger partial charge >= 0.3 is 0 Å². The number of phenolic OH excluding ortho intramolecular Hbond substituents is 1. The van der Waals surface area contributed by atoms with Gasteiger partial charge in [0.2, 0.25) is 0 Å². The molecule has 0 saturated carbocycles. The molecular formula is C25H36O5S. The Morgan fingerprint density at radius 2 is 1.39 bits per heavy atom. The monoisotopic (exact) mass is 448 g/mol. The second-order valence-corrected chi connectivity index (χ2v) is 9.50. The molecule has 5 nitrogen and oxygen atoms in total. The zero-order valence-electron chi connectivity index (χ0n) is 18.6. The zero-order valence-corrected chi connectivity index (χ0v) is 19.4. The maximum atomic E-state index is 11.6.